The van der Waals surface area contributed by atoms with Gasteiger partial charge in [-0.15, -0.1) is 0 Å². The van der Waals surface area contributed by atoms with Crippen molar-refractivity contribution in [3.63, 3.8) is 0 Å². The highest BCUT2D eigenvalue weighted by atomic mass is 32.2. The highest BCUT2D eigenvalue weighted by molar-refractivity contribution is 8.00. The topological polar surface area (TPSA) is 29.3 Å². The molecule has 2 nitrogen and oxygen atoms in total. The summed E-state index contributed by atoms with van der Waals surface area (Å²) in [6.07, 6.45) is 0.734. The minimum Gasteiger partial charge on any atom is -0.364 e. The summed E-state index contributed by atoms with van der Waals surface area (Å²) in [4.78, 5) is 2.21. The highest BCUT2D eigenvalue weighted by Gasteiger charge is 2.28. The van der Waals surface area contributed by atoms with Gasteiger partial charge in [-0.3, -0.25) is 0 Å². The molecule has 1 aromatic rings. The van der Waals surface area contributed by atoms with Crippen LogP contribution in [0.5, 0.6) is 0 Å². The summed E-state index contributed by atoms with van der Waals surface area (Å²) in [6, 6.07) is 5.67. The zero-order chi connectivity index (χ0) is 13.1. The molecule has 1 aliphatic rings. The van der Waals surface area contributed by atoms with Crippen molar-refractivity contribution >= 4 is 17.4 Å². The SMILES string of the molecule is CC1SCCN(c2c(F)cccc2CCN)C1C. The summed E-state index contributed by atoms with van der Waals surface area (Å²) in [5.74, 6) is 0.939. The minimum atomic E-state index is -0.119. The molecule has 2 atom stereocenters. The third-order valence-corrected chi connectivity index (χ3v) is 4.99. The van der Waals surface area contributed by atoms with Crippen LogP contribution in [0.15, 0.2) is 18.2 Å². The zero-order valence-electron chi connectivity index (χ0n) is 11.0. The second-order valence-electron chi connectivity index (χ2n) is 4.80. The van der Waals surface area contributed by atoms with Crippen molar-refractivity contribution in [2.75, 3.05) is 23.7 Å². The Balaban J connectivity index is 2.36. The van der Waals surface area contributed by atoms with E-state index in [0.29, 0.717) is 17.8 Å². The number of benzene rings is 1. The normalized spacial score (nSPS) is 24.3. The van der Waals surface area contributed by atoms with Gasteiger partial charge in [-0.2, -0.15) is 11.8 Å². The van der Waals surface area contributed by atoms with Gasteiger partial charge in [0.1, 0.15) is 5.82 Å². The van der Waals surface area contributed by atoms with E-state index in [-0.39, 0.29) is 5.82 Å². The first kappa shape index (κ1) is 13.7. The molecule has 2 rings (SSSR count). The maximum Gasteiger partial charge on any atom is 0.146 e. The molecular formula is C14H21FN2S. The second-order valence-corrected chi connectivity index (χ2v) is 6.28. The molecule has 18 heavy (non-hydrogen) atoms. The molecule has 100 valence electrons. The lowest BCUT2D eigenvalue weighted by Crippen LogP contribution is -2.45. The molecule has 0 aromatic heterocycles. The summed E-state index contributed by atoms with van der Waals surface area (Å²) in [7, 11) is 0. The van der Waals surface area contributed by atoms with Crippen LogP contribution in [0.3, 0.4) is 0 Å². The summed E-state index contributed by atoms with van der Waals surface area (Å²) in [5.41, 5.74) is 7.42. The van der Waals surface area contributed by atoms with Crippen molar-refractivity contribution in [3.05, 3.63) is 29.6 Å². The van der Waals surface area contributed by atoms with Crippen LogP contribution >= 0.6 is 11.8 Å². The lowest BCUT2D eigenvalue weighted by atomic mass is 10.1. The van der Waals surface area contributed by atoms with E-state index in [4.69, 9.17) is 5.73 Å². The standard InChI is InChI=1S/C14H21FN2S/c1-10-11(2)18-9-8-17(10)14-12(6-7-16)4-3-5-13(14)15/h3-5,10-11H,6-9,16H2,1-2H3. The number of thioether (sulfide) groups is 1. The van der Waals surface area contributed by atoms with Gasteiger partial charge in [0.05, 0.1) is 5.69 Å². The van der Waals surface area contributed by atoms with Crippen molar-refractivity contribution < 1.29 is 4.39 Å². The summed E-state index contributed by atoms with van der Waals surface area (Å²) in [5, 5.41) is 0.532. The lowest BCUT2D eigenvalue weighted by molar-refractivity contribution is 0.578. The average Bonchev–Trinajstić information content (AvgIpc) is 2.34. The van der Waals surface area contributed by atoms with Crippen molar-refractivity contribution in [2.45, 2.75) is 31.6 Å². The monoisotopic (exact) mass is 268 g/mol. The van der Waals surface area contributed by atoms with Crippen LogP contribution in [0.2, 0.25) is 0 Å². The number of para-hydroxylation sites is 1. The zero-order valence-corrected chi connectivity index (χ0v) is 11.8. The van der Waals surface area contributed by atoms with Gasteiger partial charge < -0.3 is 10.6 Å². The first-order valence-corrected chi connectivity index (χ1v) is 7.55. The molecule has 1 heterocycles. The van der Waals surface area contributed by atoms with E-state index in [1.165, 1.54) is 0 Å². The lowest BCUT2D eigenvalue weighted by Gasteiger charge is -2.40. The second kappa shape index (κ2) is 5.93. The van der Waals surface area contributed by atoms with E-state index in [0.717, 1.165) is 30.0 Å². The Morgan fingerprint density at radius 1 is 1.44 bits per heavy atom. The quantitative estimate of drug-likeness (QED) is 0.914. The van der Waals surface area contributed by atoms with Crippen LogP contribution in [-0.4, -0.2) is 30.1 Å². The molecule has 1 aromatic carbocycles. The van der Waals surface area contributed by atoms with Crippen LogP contribution in [-0.2, 0) is 6.42 Å². The van der Waals surface area contributed by atoms with Crippen LogP contribution in [0.1, 0.15) is 19.4 Å². The fourth-order valence-electron chi connectivity index (χ4n) is 2.49. The van der Waals surface area contributed by atoms with Gasteiger partial charge in [0.15, 0.2) is 0 Å². The molecule has 1 aliphatic heterocycles. The first-order chi connectivity index (χ1) is 8.65. The fraction of sp³-hybridized carbons (Fsp3) is 0.571. The van der Waals surface area contributed by atoms with Gasteiger partial charge in [-0.05, 0) is 31.5 Å². The molecule has 1 saturated heterocycles. The number of anilines is 1. The summed E-state index contributed by atoms with van der Waals surface area (Å²) < 4.78 is 14.2. The van der Waals surface area contributed by atoms with Gasteiger partial charge in [-0.1, -0.05) is 19.1 Å². The van der Waals surface area contributed by atoms with E-state index in [1.54, 1.807) is 12.1 Å². The van der Waals surface area contributed by atoms with E-state index in [2.05, 4.69) is 18.7 Å². The van der Waals surface area contributed by atoms with Crippen LogP contribution in [0.25, 0.3) is 0 Å². The Bertz CT molecular complexity index is 411. The predicted molar refractivity (Wildman–Crippen MR) is 77.9 cm³/mol. The number of halogens is 1. The Labute approximate surface area is 113 Å². The number of nitrogens with zero attached hydrogens (tertiary/aromatic N) is 1. The van der Waals surface area contributed by atoms with Gasteiger partial charge in [0.25, 0.3) is 0 Å². The molecule has 0 radical (unpaired) electrons. The third-order valence-electron chi connectivity index (χ3n) is 3.66. The average molecular weight is 268 g/mol. The number of rotatable bonds is 3. The van der Waals surface area contributed by atoms with E-state index >= 15 is 0 Å². The maximum atomic E-state index is 14.2. The number of hydrogen-bond acceptors (Lipinski definition) is 3. The smallest absolute Gasteiger partial charge is 0.146 e. The Kier molecular flexibility index (Phi) is 4.51. The predicted octanol–water partition coefficient (Wildman–Crippen LogP) is 2.66. The van der Waals surface area contributed by atoms with Gasteiger partial charge in [-0.25, -0.2) is 4.39 Å². The van der Waals surface area contributed by atoms with E-state index in [9.17, 15) is 4.39 Å². The molecule has 0 aliphatic carbocycles. The molecule has 4 heteroatoms. The summed E-state index contributed by atoms with van der Waals surface area (Å²) in [6.45, 7) is 5.86. The van der Waals surface area contributed by atoms with Gasteiger partial charge >= 0.3 is 0 Å². The number of nitrogens with two attached hydrogens (primary N) is 1. The molecule has 0 saturated carbocycles. The number of hydrogen-bond donors (Lipinski definition) is 1. The maximum absolute atomic E-state index is 14.2. The van der Waals surface area contributed by atoms with Crippen LogP contribution < -0.4 is 10.6 Å². The summed E-state index contributed by atoms with van der Waals surface area (Å²) >= 11 is 1.96. The minimum absolute atomic E-state index is 0.119. The van der Waals surface area contributed by atoms with Crippen LogP contribution in [0.4, 0.5) is 10.1 Å². The fourth-order valence-corrected chi connectivity index (χ4v) is 3.59. The van der Waals surface area contributed by atoms with Gasteiger partial charge in [0.2, 0.25) is 0 Å². The van der Waals surface area contributed by atoms with Crippen molar-refractivity contribution in [2.24, 2.45) is 5.73 Å². The first-order valence-electron chi connectivity index (χ1n) is 6.51. The third kappa shape index (κ3) is 2.64. The van der Waals surface area contributed by atoms with E-state index in [1.807, 2.05) is 17.8 Å². The van der Waals surface area contributed by atoms with Crippen molar-refractivity contribution in [1.82, 2.24) is 0 Å². The Hall–Kier alpha value is -0.740. The molecule has 0 spiro atoms. The van der Waals surface area contributed by atoms with Crippen LogP contribution in [0, 0.1) is 5.82 Å². The van der Waals surface area contributed by atoms with Gasteiger partial charge in [0, 0.05) is 23.6 Å². The molecule has 1 fully saturated rings. The van der Waals surface area contributed by atoms with Crippen molar-refractivity contribution in [1.29, 1.82) is 0 Å². The molecule has 2 N–H and O–H groups in total. The Morgan fingerprint density at radius 2 is 2.22 bits per heavy atom. The highest BCUT2D eigenvalue weighted by Crippen LogP contribution is 2.33. The Morgan fingerprint density at radius 3 is 2.94 bits per heavy atom. The van der Waals surface area contributed by atoms with Crippen molar-refractivity contribution in [3.8, 4) is 0 Å². The molecule has 2 unspecified atom stereocenters. The molecular weight excluding hydrogens is 247 g/mol. The largest absolute Gasteiger partial charge is 0.364 e. The molecule has 0 bridgehead atoms. The molecule has 0 amide bonds. The van der Waals surface area contributed by atoms with E-state index < -0.39 is 0 Å².